The molecule has 6 nitrogen and oxygen atoms in total. The quantitative estimate of drug-likeness (QED) is 0.113. The SMILES string of the molecule is C=C(C)[C@@H]1CCC(C)=C[C@H]1c1c(OC(=S)NCCC2CO2)cc(CCCCC)cc1OC(=S)NCCC1CO1. The Hall–Kier alpha value is -2.00. The molecule has 0 amide bonds. The van der Waals surface area contributed by atoms with E-state index >= 15 is 0 Å². The molecule has 0 saturated carbocycles. The highest BCUT2D eigenvalue weighted by Gasteiger charge is 2.32. The number of aryl methyl sites for hydroxylation is 1. The Bertz CT molecular complexity index is 1010. The second-order valence-electron chi connectivity index (χ2n) is 11.1. The van der Waals surface area contributed by atoms with Crippen LogP contribution in [0.1, 0.15) is 82.8 Å². The number of allylic oxidation sites excluding steroid dienone is 3. The first-order valence-electron chi connectivity index (χ1n) is 14.5. The van der Waals surface area contributed by atoms with Crippen LogP contribution < -0.4 is 20.1 Å². The lowest BCUT2D eigenvalue weighted by Gasteiger charge is -2.33. The van der Waals surface area contributed by atoms with Gasteiger partial charge in [-0.2, -0.15) is 0 Å². The van der Waals surface area contributed by atoms with Gasteiger partial charge < -0.3 is 29.6 Å². The van der Waals surface area contributed by atoms with E-state index in [2.05, 4.69) is 56.2 Å². The third-order valence-corrected chi connectivity index (χ3v) is 8.08. The van der Waals surface area contributed by atoms with Crippen LogP contribution in [0, 0.1) is 5.92 Å². The Morgan fingerprint density at radius 2 is 1.56 bits per heavy atom. The molecule has 3 aliphatic rings. The van der Waals surface area contributed by atoms with Crippen LogP contribution >= 0.6 is 24.4 Å². The zero-order chi connectivity index (χ0) is 27.8. The number of thiocarbonyl (C=S) groups is 2. The van der Waals surface area contributed by atoms with E-state index < -0.39 is 0 Å². The van der Waals surface area contributed by atoms with Crippen LogP contribution in [-0.2, 0) is 15.9 Å². The normalized spacial score (nSPS) is 23.4. The largest absolute Gasteiger partial charge is 0.431 e. The van der Waals surface area contributed by atoms with Gasteiger partial charge in [-0.25, -0.2) is 0 Å². The summed E-state index contributed by atoms with van der Waals surface area (Å²) in [4.78, 5) is 0. The minimum Gasteiger partial charge on any atom is -0.431 e. The van der Waals surface area contributed by atoms with E-state index in [1.807, 2.05) is 0 Å². The molecular weight excluding hydrogens is 528 g/mol. The summed E-state index contributed by atoms with van der Waals surface area (Å²) >= 11 is 11.3. The first-order chi connectivity index (χ1) is 18.8. The van der Waals surface area contributed by atoms with E-state index in [0.29, 0.717) is 35.6 Å². The van der Waals surface area contributed by atoms with Crippen molar-refractivity contribution in [3.8, 4) is 11.5 Å². The van der Waals surface area contributed by atoms with Gasteiger partial charge in [0.25, 0.3) is 10.3 Å². The van der Waals surface area contributed by atoms with Gasteiger partial charge in [-0.1, -0.05) is 43.6 Å². The van der Waals surface area contributed by atoms with Crippen molar-refractivity contribution in [3.63, 3.8) is 0 Å². The maximum absolute atomic E-state index is 6.41. The zero-order valence-electron chi connectivity index (χ0n) is 23.7. The standard InChI is InChI=1S/C31H44N2O4S2/c1-5-6-7-8-22-16-27(36-30(38)32-13-11-23-18-34-23)29(26-15-21(4)9-10-25(26)20(2)3)28(17-22)37-31(39)33-14-12-24-19-35-24/h15-17,23-26H,2,5-14,18-19H2,1,3-4H3,(H,32,38)(H,33,39)/t23?,24?,25-,26+/m0/s1. The van der Waals surface area contributed by atoms with E-state index in [1.165, 1.54) is 12.0 Å². The Labute approximate surface area is 244 Å². The molecule has 2 N–H and O–H groups in total. The van der Waals surface area contributed by atoms with Gasteiger partial charge in [0.15, 0.2) is 0 Å². The van der Waals surface area contributed by atoms with Crippen LogP contribution in [0.25, 0.3) is 0 Å². The van der Waals surface area contributed by atoms with Crippen LogP contribution in [0.5, 0.6) is 11.5 Å². The molecule has 0 bridgehead atoms. The molecule has 2 unspecified atom stereocenters. The molecule has 2 saturated heterocycles. The van der Waals surface area contributed by atoms with Crippen molar-refractivity contribution in [2.75, 3.05) is 26.3 Å². The van der Waals surface area contributed by atoms with Crippen LogP contribution in [0.2, 0.25) is 0 Å². The molecule has 8 heteroatoms. The Kier molecular flexibility index (Phi) is 11.2. The second-order valence-corrected chi connectivity index (χ2v) is 11.9. The van der Waals surface area contributed by atoms with Crippen LogP contribution in [0.4, 0.5) is 0 Å². The van der Waals surface area contributed by atoms with Gasteiger partial charge >= 0.3 is 0 Å². The minimum absolute atomic E-state index is 0.0521. The van der Waals surface area contributed by atoms with Gasteiger partial charge in [-0.15, -0.1) is 0 Å². The van der Waals surface area contributed by atoms with Crippen molar-refractivity contribution >= 4 is 34.8 Å². The highest BCUT2D eigenvalue weighted by atomic mass is 32.1. The van der Waals surface area contributed by atoms with E-state index in [9.17, 15) is 0 Å². The summed E-state index contributed by atoms with van der Waals surface area (Å²) < 4.78 is 23.5. The maximum atomic E-state index is 6.41. The summed E-state index contributed by atoms with van der Waals surface area (Å²) in [5.41, 5.74) is 4.65. The van der Waals surface area contributed by atoms with Crippen molar-refractivity contribution in [1.29, 1.82) is 0 Å². The predicted molar refractivity (Wildman–Crippen MR) is 165 cm³/mol. The molecule has 1 aliphatic carbocycles. The molecule has 1 aromatic rings. The third-order valence-electron chi connectivity index (χ3n) is 7.63. The second kappa shape index (κ2) is 14.6. The molecule has 4 rings (SSSR count). The van der Waals surface area contributed by atoms with E-state index in [-0.39, 0.29) is 11.8 Å². The van der Waals surface area contributed by atoms with Crippen LogP contribution in [0.15, 0.2) is 35.9 Å². The van der Waals surface area contributed by atoms with Gasteiger partial charge in [-0.05, 0) is 100 Å². The third kappa shape index (κ3) is 9.55. The fraction of sp³-hybridized carbons (Fsp3) is 0.613. The average molecular weight is 573 g/mol. The Morgan fingerprint density at radius 1 is 1.00 bits per heavy atom. The molecular formula is C31H44N2O4S2. The number of epoxide rings is 2. The molecule has 1 aromatic carbocycles. The van der Waals surface area contributed by atoms with Crippen LogP contribution in [0.3, 0.4) is 0 Å². The van der Waals surface area contributed by atoms with E-state index in [1.54, 1.807) is 0 Å². The van der Waals surface area contributed by atoms with Gasteiger partial charge in [0.05, 0.1) is 25.4 Å². The molecule has 4 atom stereocenters. The molecule has 0 spiro atoms. The molecule has 2 fully saturated rings. The average Bonchev–Trinajstić information content (AvgIpc) is 3.80. The summed E-state index contributed by atoms with van der Waals surface area (Å²) in [6, 6.07) is 4.29. The summed E-state index contributed by atoms with van der Waals surface area (Å²) in [5, 5.41) is 7.24. The minimum atomic E-state index is 0.0521. The van der Waals surface area contributed by atoms with Gasteiger partial charge in [0.1, 0.15) is 11.5 Å². The molecule has 214 valence electrons. The van der Waals surface area contributed by atoms with Gasteiger partial charge in [0, 0.05) is 24.6 Å². The van der Waals surface area contributed by atoms with Crippen molar-refractivity contribution in [3.05, 3.63) is 47.1 Å². The molecule has 2 heterocycles. The number of ether oxygens (including phenoxy) is 4. The summed E-state index contributed by atoms with van der Waals surface area (Å²) in [7, 11) is 0. The van der Waals surface area contributed by atoms with Crippen molar-refractivity contribution in [2.45, 2.75) is 90.3 Å². The fourth-order valence-corrected chi connectivity index (χ4v) is 5.58. The van der Waals surface area contributed by atoms with Crippen LogP contribution in [-0.4, -0.2) is 48.9 Å². The topological polar surface area (TPSA) is 67.6 Å². The molecule has 2 aliphatic heterocycles. The first kappa shape index (κ1) is 30.0. The van der Waals surface area contributed by atoms with E-state index in [0.717, 1.165) is 86.4 Å². The van der Waals surface area contributed by atoms with Crippen molar-refractivity contribution in [1.82, 2.24) is 10.6 Å². The number of benzene rings is 1. The smallest absolute Gasteiger partial charge is 0.262 e. The van der Waals surface area contributed by atoms with Gasteiger partial charge in [-0.3, -0.25) is 0 Å². The highest BCUT2D eigenvalue weighted by molar-refractivity contribution is 7.80. The Balaban J connectivity index is 1.65. The summed E-state index contributed by atoms with van der Waals surface area (Å²) in [6.07, 6.45) is 11.3. The number of hydrogen-bond acceptors (Lipinski definition) is 6. The number of nitrogens with one attached hydrogen (secondary N) is 2. The lowest BCUT2D eigenvalue weighted by atomic mass is 9.73. The molecule has 0 aromatic heterocycles. The zero-order valence-corrected chi connectivity index (χ0v) is 25.3. The first-order valence-corrected chi connectivity index (χ1v) is 15.3. The molecule has 0 radical (unpaired) electrons. The fourth-order valence-electron chi connectivity index (χ4n) is 5.19. The van der Waals surface area contributed by atoms with Crippen molar-refractivity contribution in [2.24, 2.45) is 5.92 Å². The van der Waals surface area contributed by atoms with E-state index in [4.69, 9.17) is 43.4 Å². The predicted octanol–water partition coefficient (Wildman–Crippen LogP) is 6.52. The highest BCUT2D eigenvalue weighted by Crippen LogP contribution is 2.47. The lowest BCUT2D eigenvalue weighted by molar-refractivity contribution is 0.393. The summed E-state index contributed by atoms with van der Waals surface area (Å²) in [6.45, 7) is 14.0. The molecule has 39 heavy (non-hydrogen) atoms. The number of hydrogen-bond donors (Lipinski definition) is 2. The van der Waals surface area contributed by atoms with Crippen molar-refractivity contribution < 1.29 is 18.9 Å². The maximum Gasteiger partial charge on any atom is 0.262 e. The monoisotopic (exact) mass is 572 g/mol. The number of rotatable bonds is 14. The lowest BCUT2D eigenvalue weighted by Crippen LogP contribution is -2.30. The van der Waals surface area contributed by atoms with Gasteiger partial charge in [0.2, 0.25) is 0 Å². The Morgan fingerprint density at radius 3 is 2.05 bits per heavy atom. The summed E-state index contributed by atoms with van der Waals surface area (Å²) in [5.74, 6) is 1.79. The number of unbranched alkanes of at least 4 members (excludes halogenated alkanes) is 2.